The van der Waals surface area contributed by atoms with E-state index < -0.39 is 5.91 Å². The van der Waals surface area contributed by atoms with Gasteiger partial charge in [-0.2, -0.15) is 5.26 Å². The molecule has 0 radical (unpaired) electrons. The summed E-state index contributed by atoms with van der Waals surface area (Å²) in [5.74, 6) is -0.481. The van der Waals surface area contributed by atoms with Crippen molar-refractivity contribution in [1.29, 1.82) is 5.26 Å². The Bertz CT molecular complexity index is 715. The number of benzene rings is 1. The van der Waals surface area contributed by atoms with Crippen LogP contribution in [-0.4, -0.2) is 10.9 Å². The Morgan fingerprint density at radius 1 is 1.38 bits per heavy atom. The molecule has 1 aromatic carbocycles. The molecule has 21 heavy (non-hydrogen) atoms. The number of hydrogen-bond acceptors (Lipinski definition) is 4. The number of carbonyl (C=O) groups is 1. The standard InChI is InChI=1S/C15H10BrN3OS/c16-13(8-11-4-2-1-3-5-11)9-12(10-17)14(20)19-15-18-6-7-21-15/h1-9H,(H,18,19,20)/b12-9+,13-8-. The number of thiazole rings is 1. The summed E-state index contributed by atoms with van der Waals surface area (Å²) in [6.07, 6.45) is 4.89. The molecule has 0 aliphatic rings. The zero-order valence-electron chi connectivity index (χ0n) is 10.8. The van der Waals surface area contributed by atoms with Gasteiger partial charge in [-0.1, -0.05) is 46.3 Å². The molecule has 0 spiro atoms. The lowest BCUT2D eigenvalue weighted by atomic mass is 10.2. The summed E-state index contributed by atoms with van der Waals surface area (Å²) >= 11 is 4.64. The highest BCUT2D eigenvalue weighted by Crippen LogP contribution is 2.17. The van der Waals surface area contributed by atoms with Gasteiger partial charge in [0.05, 0.1) is 0 Å². The smallest absolute Gasteiger partial charge is 0.268 e. The molecule has 4 nitrogen and oxygen atoms in total. The van der Waals surface area contributed by atoms with Gasteiger partial charge in [-0.25, -0.2) is 4.98 Å². The number of nitrogens with one attached hydrogen (secondary N) is 1. The van der Waals surface area contributed by atoms with Crippen molar-refractivity contribution < 1.29 is 4.79 Å². The summed E-state index contributed by atoms with van der Waals surface area (Å²) in [6.45, 7) is 0. The van der Waals surface area contributed by atoms with Crippen LogP contribution in [0.5, 0.6) is 0 Å². The van der Waals surface area contributed by atoms with Crippen molar-refractivity contribution in [3.63, 3.8) is 0 Å². The van der Waals surface area contributed by atoms with Crippen molar-refractivity contribution in [3.8, 4) is 6.07 Å². The molecule has 1 N–H and O–H groups in total. The van der Waals surface area contributed by atoms with E-state index in [9.17, 15) is 4.79 Å². The molecular weight excluding hydrogens is 350 g/mol. The van der Waals surface area contributed by atoms with Gasteiger partial charge in [-0.15, -0.1) is 11.3 Å². The van der Waals surface area contributed by atoms with Crippen molar-refractivity contribution in [1.82, 2.24) is 4.98 Å². The highest BCUT2D eigenvalue weighted by atomic mass is 79.9. The summed E-state index contributed by atoms with van der Waals surface area (Å²) in [4.78, 5) is 15.9. The normalized spacial score (nSPS) is 11.8. The molecule has 1 heterocycles. The molecular formula is C15H10BrN3OS. The highest BCUT2D eigenvalue weighted by Gasteiger charge is 2.10. The minimum Gasteiger partial charge on any atom is -0.297 e. The number of rotatable bonds is 4. The predicted molar refractivity (Wildman–Crippen MR) is 87.8 cm³/mol. The molecule has 0 saturated carbocycles. The van der Waals surface area contributed by atoms with Crippen molar-refractivity contribution >= 4 is 44.4 Å². The molecule has 0 bridgehead atoms. The Hall–Kier alpha value is -2.23. The fraction of sp³-hybridized carbons (Fsp3) is 0. The first-order chi connectivity index (χ1) is 10.2. The van der Waals surface area contributed by atoms with Crippen LogP contribution < -0.4 is 5.32 Å². The Labute approximate surface area is 134 Å². The molecule has 0 saturated heterocycles. The van der Waals surface area contributed by atoms with Crippen LogP contribution in [0.1, 0.15) is 5.56 Å². The summed E-state index contributed by atoms with van der Waals surface area (Å²) < 4.78 is 0.638. The maximum absolute atomic E-state index is 11.9. The number of nitriles is 1. The van der Waals surface area contributed by atoms with Crippen molar-refractivity contribution in [2.75, 3.05) is 5.32 Å². The molecule has 2 aromatic rings. The maximum atomic E-state index is 11.9. The second-order valence-electron chi connectivity index (χ2n) is 3.90. The second kappa shape index (κ2) is 7.53. The van der Waals surface area contributed by atoms with Crippen molar-refractivity contribution in [3.05, 3.63) is 63.6 Å². The van der Waals surface area contributed by atoms with Crippen molar-refractivity contribution in [2.24, 2.45) is 0 Å². The molecule has 0 aliphatic carbocycles. The second-order valence-corrected chi connectivity index (χ2v) is 5.71. The zero-order chi connectivity index (χ0) is 15.1. The maximum Gasteiger partial charge on any atom is 0.268 e. The number of halogens is 1. The van der Waals surface area contributed by atoms with Crippen LogP contribution in [0.15, 0.2) is 58.0 Å². The van der Waals surface area contributed by atoms with Crippen LogP contribution in [0, 0.1) is 11.3 Å². The van der Waals surface area contributed by atoms with Gasteiger partial charge in [0.1, 0.15) is 11.6 Å². The number of nitrogens with zero attached hydrogens (tertiary/aromatic N) is 2. The van der Waals surface area contributed by atoms with E-state index in [0.29, 0.717) is 9.61 Å². The molecule has 0 aliphatic heterocycles. The molecule has 0 fully saturated rings. The average Bonchev–Trinajstić information content (AvgIpc) is 2.98. The minimum atomic E-state index is -0.481. The molecule has 104 valence electrons. The Morgan fingerprint density at radius 2 is 2.14 bits per heavy atom. The number of carbonyl (C=O) groups excluding carboxylic acids is 1. The van der Waals surface area contributed by atoms with Gasteiger partial charge >= 0.3 is 0 Å². The minimum absolute atomic E-state index is 0.00394. The topological polar surface area (TPSA) is 65.8 Å². The monoisotopic (exact) mass is 359 g/mol. The Morgan fingerprint density at radius 3 is 2.76 bits per heavy atom. The van der Waals surface area contributed by atoms with Crippen LogP contribution in [0.4, 0.5) is 5.13 Å². The van der Waals surface area contributed by atoms with E-state index in [4.69, 9.17) is 5.26 Å². The van der Waals surface area contributed by atoms with Gasteiger partial charge < -0.3 is 0 Å². The van der Waals surface area contributed by atoms with E-state index in [0.717, 1.165) is 5.56 Å². The number of hydrogen-bond donors (Lipinski definition) is 1. The molecule has 6 heteroatoms. The molecule has 1 aromatic heterocycles. The van der Waals surface area contributed by atoms with E-state index in [1.54, 1.807) is 11.6 Å². The van der Waals surface area contributed by atoms with Crippen LogP contribution in [-0.2, 0) is 4.79 Å². The van der Waals surface area contributed by atoms with E-state index >= 15 is 0 Å². The average molecular weight is 360 g/mol. The third kappa shape index (κ3) is 4.67. The Kier molecular flexibility index (Phi) is 5.43. The van der Waals surface area contributed by atoms with Gasteiger partial charge in [0.25, 0.3) is 5.91 Å². The molecule has 0 unspecified atom stereocenters. The highest BCUT2D eigenvalue weighted by molar-refractivity contribution is 9.12. The zero-order valence-corrected chi connectivity index (χ0v) is 13.2. The van der Waals surface area contributed by atoms with Crippen molar-refractivity contribution in [2.45, 2.75) is 0 Å². The number of aromatic nitrogens is 1. The van der Waals surface area contributed by atoms with Gasteiger partial charge in [-0.05, 0) is 17.7 Å². The number of allylic oxidation sites excluding steroid dienone is 2. The van der Waals surface area contributed by atoms with Gasteiger partial charge in [0, 0.05) is 16.1 Å². The third-order valence-electron chi connectivity index (χ3n) is 2.40. The summed E-state index contributed by atoms with van der Waals surface area (Å²) in [7, 11) is 0. The van der Waals surface area contributed by atoms with E-state index in [1.165, 1.54) is 17.4 Å². The lowest BCUT2D eigenvalue weighted by Crippen LogP contribution is -2.13. The molecule has 0 atom stereocenters. The van der Waals surface area contributed by atoms with Crippen LogP contribution in [0.3, 0.4) is 0 Å². The lowest BCUT2D eigenvalue weighted by molar-refractivity contribution is -0.112. The summed E-state index contributed by atoms with van der Waals surface area (Å²) in [6, 6.07) is 11.5. The Balaban J connectivity index is 2.15. The first kappa shape index (κ1) is 15.2. The first-order valence-electron chi connectivity index (χ1n) is 5.94. The number of amides is 1. The fourth-order valence-corrected chi connectivity index (χ4v) is 2.50. The third-order valence-corrected chi connectivity index (χ3v) is 3.55. The predicted octanol–water partition coefficient (Wildman–Crippen LogP) is 3.97. The van der Waals surface area contributed by atoms with Crippen LogP contribution in [0.2, 0.25) is 0 Å². The largest absolute Gasteiger partial charge is 0.297 e. The lowest BCUT2D eigenvalue weighted by Gasteiger charge is -2.00. The molecule has 1 amide bonds. The van der Waals surface area contributed by atoms with E-state index in [-0.39, 0.29) is 5.57 Å². The first-order valence-corrected chi connectivity index (χ1v) is 7.61. The van der Waals surface area contributed by atoms with Crippen LogP contribution in [0.25, 0.3) is 6.08 Å². The fourth-order valence-electron chi connectivity index (χ4n) is 1.49. The van der Waals surface area contributed by atoms with Gasteiger partial charge in [0.15, 0.2) is 5.13 Å². The molecule has 2 rings (SSSR count). The number of anilines is 1. The van der Waals surface area contributed by atoms with E-state index in [1.807, 2.05) is 42.5 Å². The SMILES string of the molecule is N#C/C(=C\C(Br)=C\c1ccccc1)C(=O)Nc1nccs1. The van der Waals surface area contributed by atoms with Gasteiger partial charge in [0.2, 0.25) is 0 Å². The quantitative estimate of drug-likeness (QED) is 0.510. The van der Waals surface area contributed by atoms with E-state index in [2.05, 4.69) is 26.2 Å². The van der Waals surface area contributed by atoms with Crippen LogP contribution >= 0.6 is 27.3 Å². The summed E-state index contributed by atoms with van der Waals surface area (Å²) in [5.41, 5.74) is 0.975. The summed E-state index contributed by atoms with van der Waals surface area (Å²) in [5, 5.41) is 13.9. The van der Waals surface area contributed by atoms with Gasteiger partial charge in [-0.3, -0.25) is 10.1 Å².